The number of nitrogens with one attached hydrogen (secondary N) is 1. The molecule has 0 saturated carbocycles. The highest BCUT2D eigenvalue weighted by molar-refractivity contribution is 8.14. The number of anilines is 1. The maximum atomic E-state index is 15.1. The van der Waals surface area contributed by atoms with Crippen molar-refractivity contribution in [2.45, 2.75) is 51.6 Å². The number of nitrogens with zero attached hydrogens (tertiary/aromatic N) is 2. The van der Waals surface area contributed by atoms with E-state index >= 15 is 8.78 Å². The van der Waals surface area contributed by atoms with Crippen molar-refractivity contribution in [3.63, 3.8) is 0 Å². The summed E-state index contributed by atoms with van der Waals surface area (Å²) in [6.07, 6.45) is 2.85. The first-order valence-electron chi connectivity index (χ1n) is 16.6. The number of thioether (sulfide) groups is 1. The van der Waals surface area contributed by atoms with Crippen LogP contribution in [0.3, 0.4) is 0 Å². The molecule has 1 amide bonds. The summed E-state index contributed by atoms with van der Waals surface area (Å²) in [4.78, 5) is 44.1. The average Bonchev–Trinajstić information content (AvgIpc) is 3.48. The summed E-state index contributed by atoms with van der Waals surface area (Å²) >= 11 is 2.48. The number of hydrogen-bond donors (Lipinski definition) is 1. The van der Waals surface area contributed by atoms with E-state index < -0.39 is 17.1 Å². The van der Waals surface area contributed by atoms with Gasteiger partial charge in [0.2, 0.25) is 16.5 Å². The summed E-state index contributed by atoms with van der Waals surface area (Å²) in [5.41, 5.74) is 2.69. The van der Waals surface area contributed by atoms with E-state index in [4.69, 9.17) is 4.74 Å². The molecule has 0 aliphatic carbocycles. The Labute approximate surface area is 310 Å². The molecule has 1 N–H and O–H groups in total. The van der Waals surface area contributed by atoms with Crippen LogP contribution in [-0.2, 0) is 29.2 Å². The zero-order valence-corrected chi connectivity index (χ0v) is 31.1. The molecule has 51 heavy (non-hydrogen) atoms. The molecule has 3 heterocycles. The number of fused-ring (bicyclic) bond motifs is 1. The topological polar surface area (TPSA) is 80.6 Å². The minimum Gasteiger partial charge on any atom is -0.381 e. The molecule has 0 bridgehead atoms. The third kappa shape index (κ3) is 8.96. The maximum Gasteiger partial charge on any atom is 0.226 e. The number of pyridine rings is 1. The predicted molar refractivity (Wildman–Crippen MR) is 205 cm³/mol. The number of ether oxygens (including phenoxy) is 1. The average molecular weight is 752 g/mol. The van der Waals surface area contributed by atoms with Gasteiger partial charge < -0.3 is 14.6 Å². The van der Waals surface area contributed by atoms with E-state index in [1.165, 1.54) is 35.7 Å². The van der Waals surface area contributed by atoms with E-state index in [9.17, 15) is 14.4 Å². The normalized spacial score (nSPS) is 13.5. The number of carbonyl (C=O) groups excluding carboxylic acids is 2. The van der Waals surface area contributed by atoms with Gasteiger partial charge in [-0.2, -0.15) is 0 Å². The van der Waals surface area contributed by atoms with E-state index in [2.05, 4.69) is 10.2 Å². The summed E-state index contributed by atoms with van der Waals surface area (Å²) in [7, 11) is 1.97. The Balaban J connectivity index is 0.00000504. The van der Waals surface area contributed by atoms with Crippen LogP contribution < -0.4 is 10.7 Å². The van der Waals surface area contributed by atoms with E-state index in [-0.39, 0.29) is 52.3 Å². The molecule has 1 aliphatic heterocycles. The quantitative estimate of drug-likeness (QED) is 0.145. The first kappa shape index (κ1) is 38.4. The third-order valence-electron chi connectivity index (χ3n) is 8.72. The zero-order chi connectivity index (χ0) is 35.4. The summed E-state index contributed by atoms with van der Waals surface area (Å²) in [5, 5.41) is 2.91. The SMILES string of the molecule is CC(C)C(=O)Nc1ccc(-c2sc3c(c2CN(C)Cc2ccccc2)c(=O)c(C(=O)SC2CCOCC2)cn3Cc2c(F)cccc2F)cc1.Cl. The number of hydrogen-bond acceptors (Lipinski definition) is 7. The lowest BCUT2D eigenvalue weighted by molar-refractivity contribution is -0.118. The molecule has 3 aromatic carbocycles. The van der Waals surface area contributed by atoms with Crippen LogP contribution in [0.15, 0.2) is 83.8 Å². The molecular formula is C39H40ClF2N3O4S2. The zero-order valence-electron chi connectivity index (χ0n) is 28.6. The minimum atomic E-state index is -0.708. The van der Waals surface area contributed by atoms with Gasteiger partial charge in [-0.3, -0.25) is 19.3 Å². The number of carbonyl (C=O) groups is 2. The number of thiophene rings is 1. The lowest BCUT2D eigenvalue weighted by Crippen LogP contribution is -2.24. The molecule has 5 aromatic rings. The van der Waals surface area contributed by atoms with Crippen LogP contribution in [0.25, 0.3) is 20.7 Å². The molecule has 7 nitrogen and oxygen atoms in total. The molecule has 2 aromatic heterocycles. The number of aromatic nitrogens is 1. The second-order valence-electron chi connectivity index (χ2n) is 12.9. The monoisotopic (exact) mass is 751 g/mol. The molecule has 1 fully saturated rings. The second-order valence-corrected chi connectivity index (χ2v) is 15.2. The van der Waals surface area contributed by atoms with Crippen LogP contribution in [0, 0.1) is 17.6 Å². The Morgan fingerprint density at radius 1 is 0.961 bits per heavy atom. The van der Waals surface area contributed by atoms with E-state index in [0.29, 0.717) is 55.0 Å². The fourth-order valence-corrected chi connectivity index (χ4v) is 8.31. The van der Waals surface area contributed by atoms with Gasteiger partial charge in [-0.05, 0) is 60.8 Å². The standard InChI is InChI=1S/C39H39F2N3O4S2.ClH/c1-24(2)37(46)42-27-14-12-26(13-15-27)36-30(21-43(3)20-25-8-5-4-6-9-25)34-35(45)31(39(47)49-28-16-18-48-19-17-28)23-44(38(34)50-36)22-29-32(40)10-7-11-33(29)41;/h4-15,23-24,28H,16-22H2,1-3H3,(H,42,46);1H. The van der Waals surface area contributed by atoms with E-state index in [0.717, 1.165) is 33.3 Å². The van der Waals surface area contributed by atoms with Gasteiger partial charge in [0, 0.05) is 59.8 Å². The Bertz CT molecular complexity index is 2040. The van der Waals surface area contributed by atoms with Crippen LogP contribution in [-0.4, -0.2) is 46.0 Å². The molecule has 12 heteroatoms. The van der Waals surface area contributed by atoms with Gasteiger partial charge in [0.1, 0.15) is 16.5 Å². The Morgan fingerprint density at radius 2 is 1.63 bits per heavy atom. The van der Waals surface area contributed by atoms with Gasteiger partial charge in [0.15, 0.2) is 0 Å². The molecule has 0 radical (unpaired) electrons. The van der Waals surface area contributed by atoms with Crippen LogP contribution >= 0.6 is 35.5 Å². The number of amides is 1. The number of benzene rings is 3. The highest BCUT2D eigenvalue weighted by Gasteiger charge is 2.27. The highest BCUT2D eigenvalue weighted by atomic mass is 35.5. The molecule has 0 atom stereocenters. The van der Waals surface area contributed by atoms with Crippen molar-refractivity contribution in [1.82, 2.24) is 9.47 Å². The van der Waals surface area contributed by atoms with Gasteiger partial charge >= 0.3 is 0 Å². The van der Waals surface area contributed by atoms with Crippen LogP contribution in [0.5, 0.6) is 0 Å². The fraction of sp³-hybridized carbons (Fsp3) is 0.308. The van der Waals surface area contributed by atoms with Crippen LogP contribution in [0.1, 0.15) is 53.7 Å². The first-order valence-corrected chi connectivity index (χ1v) is 18.3. The maximum absolute atomic E-state index is 15.1. The van der Waals surface area contributed by atoms with Crippen molar-refractivity contribution in [3.8, 4) is 10.4 Å². The predicted octanol–water partition coefficient (Wildman–Crippen LogP) is 8.76. The van der Waals surface area contributed by atoms with Gasteiger partial charge in [0.25, 0.3) is 0 Å². The first-order chi connectivity index (χ1) is 24.1. The third-order valence-corrected chi connectivity index (χ3v) is 11.3. The molecule has 0 unspecified atom stereocenters. The van der Waals surface area contributed by atoms with E-state index in [1.807, 2.05) is 75.5 Å². The minimum absolute atomic E-state index is 0. The second kappa shape index (κ2) is 17.1. The van der Waals surface area contributed by atoms with Crippen LogP contribution in [0.4, 0.5) is 14.5 Å². The molecule has 0 spiro atoms. The highest BCUT2D eigenvalue weighted by Crippen LogP contribution is 2.40. The smallest absolute Gasteiger partial charge is 0.226 e. The molecule has 268 valence electrons. The molecule has 1 aliphatic rings. The van der Waals surface area contributed by atoms with Crippen molar-refractivity contribution >= 4 is 62.4 Å². The number of rotatable bonds is 11. The van der Waals surface area contributed by atoms with Gasteiger partial charge in [-0.15, -0.1) is 23.7 Å². The summed E-state index contributed by atoms with van der Waals surface area (Å²) in [5.74, 6) is -1.70. The van der Waals surface area contributed by atoms with Crippen molar-refractivity contribution < 1.29 is 23.1 Å². The summed E-state index contributed by atoms with van der Waals surface area (Å²) < 4.78 is 37.2. The van der Waals surface area contributed by atoms with Gasteiger partial charge in [-0.1, -0.05) is 74.1 Å². The summed E-state index contributed by atoms with van der Waals surface area (Å²) in [6, 6.07) is 21.1. The summed E-state index contributed by atoms with van der Waals surface area (Å²) in [6.45, 7) is 5.50. The van der Waals surface area contributed by atoms with Crippen molar-refractivity contribution in [1.29, 1.82) is 0 Å². The van der Waals surface area contributed by atoms with Gasteiger partial charge in [0.05, 0.1) is 17.5 Å². The largest absolute Gasteiger partial charge is 0.381 e. The lowest BCUT2D eigenvalue weighted by Gasteiger charge is -2.21. The Kier molecular flexibility index (Phi) is 12.9. The van der Waals surface area contributed by atoms with E-state index in [1.54, 1.807) is 4.57 Å². The molecule has 6 rings (SSSR count). The van der Waals surface area contributed by atoms with Crippen molar-refractivity contribution in [2.75, 3.05) is 25.6 Å². The molecular weight excluding hydrogens is 712 g/mol. The van der Waals surface area contributed by atoms with Crippen molar-refractivity contribution in [2.24, 2.45) is 5.92 Å². The Hall–Kier alpha value is -3.87. The van der Waals surface area contributed by atoms with Gasteiger partial charge in [-0.25, -0.2) is 8.78 Å². The Morgan fingerprint density at radius 3 is 2.27 bits per heavy atom. The van der Waals surface area contributed by atoms with Crippen molar-refractivity contribution in [3.05, 3.63) is 123 Å². The lowest BCUT2D eigenvalue weighted by atomic mass is 10.0. The number of halogens is 3. The fourth-order valence-electron chi connectivity index (χ4n) is 6.02. The molecule has 1 saturated heterocycles. The van der Waals surface area contributed by atoms with Crippen LogP contribution in [0.2, 0.25) is 0 Å².